The number of rotatable bonds is 1. The number of H-pyrrole nitrogens is 1. The molecule has 0 unspecified atom stereocenters. The van der Waals surface area contributed by atoms with E-state index in [4.69, 9.17) is 0 Å². The van der Waals surface area contributed by atoms with E-state index in [0.717, 1.165) is 23.6 Å². The number of hydrogen-bond donors (Lipinski definition) is 1. The van der Waals surface area contributed by atoms with Crippen LogP contribution in [0.4, 0.5) is 0 Å². The van der Waals surface area contributed by atoms with Crippen LogP contribution in [0.5, 0.6) is 0 Å². The summed E-state index contributed by atoms with van der Waals surface area (Å²) in [5.74, 6) is 0.980. The molecule has 0 spiro atoms. The highest BCUT2D eigenvalue weighted by atomic mass is 15.4. The summed E-state index contributed by atoms with van der Waals surface area (Å²) in [5, 5.41) is 11.1. The molecule has 0 aliphatic heterocycles. The Labute approximate surface area is 64.2 Å². The second kappa shape index (κ2) is 2.08. The molecule has 0 radical (unpaired) electrons. The van der Waals surface area contributed by atoms with Crippen LogP contribution in [0.2, 0.25) is 0 Å². The maximum atomic E-state index is 4.00. The first kappa shape index (κ1) is 6.39. The van der Waals surface area contributed by atoms with E-state index in [9.17, 15) is 0 Å². The van der Waals surface area contributed by atoms with Crippen LogP contribution >= 0.6 is 0 Å². The van der Waals surface area contributed by atoms with E-state index in [-0.39, 0.29) is 0 Å². The molecule has 0 atom stereocenters. The van der Waals surface area contributed by atoms with Crippen LogP contribution in [0.15, 0.2) is 6.07 Å². The molecule has 1 N–H and O–H groups in total. The molecule has 11 heavy (non-hydrogen) atoms. The van der Waals surface area contributed by atoms with Crippen molar-refractivity contribution in [3.63, 3.8) is 0 Å². The van der Waals surface area contributed by atoms with Crippen LogP contribution in [0, 0.1) is 6.92 Å². The summed E-state index contributed by atoms with van der Waals surface area (Å²) >= 11 is 0. The molecule has 0 saturated carbocycles. The van der Waals surface area contributed by atoms with Crippen molar-refractivity contribution in [3.8, 4) is 0 Å². The molecule has 0 aliphatic rings. The third kappa shape index (κ3) is 0.824. The smallest absolute Gasteiger partial charge is 0.177 e. The average molecular weight is 150 g/mol. The van der Waals surface area contributed by atoms with Crippen molar-refractivity contribution in [3.05, 3.63) is 17.6 Å². The molecule has 0 bridgehead atoms. The minimum Gasteiger partial charge on any atom is -0.295 e. The van der Waals surface area contributed by atoms with E-state index in [1.807, 2.05) is 17.5 Å². The molecule has 0 aliphatic carbocycles. The molecule has 2 aromatic rings. The fourth-order valence-electron chi connectivity index (χ4n) is 1.18. The van der Waals surface area contributed by atoms with Crippen molar-refractivity contribution in [2.24, 2.45) is 0 Å². The Hall–Kier alpha value is -1.32. The largest absolute Gasteiger partial charge is 0.295 e. The predicted octanol–water partition coefficient (Wildman–Crippen LogP) is 0.928. The fourth-order valence-corrected chi connectivity index (χ4v) is 1.18. The average Bonchev–Trinajstić information content (AvgIpc) is 2.45. The number of nitrogens with one attached hydrogen (secondary N) is 1. The van der Waals surface area contributed by atoms with Crippen molar-refractivity contribution in [2.45, 2.75) is 20.3 Å². The lowest BCUT2D eigenvalue weighted by molar-refractivity contribution is 0.824. The molecule has 0 saturated heterocycles. The highest BCUT2D eigenvalue weighted by Gasteiger charge is 2.03. The minimum atomic E-state index is 0.902. The Morgan fingerprint density at radius 3 is 3.09 bits per heavy atom. The van der Waals surface area contributed by atoms with Gasteiger partial charge in [0.05, 0.1) is 0 Å². The molecular weight excluding hydrogens is 140 g/mol. The molecular formula is C7H10N4. The van der Waals surface area contributed by atoms with Gasteiger partial charge in [0.15, 0.2) is 11.5 Å². The van der Waals surface area contributed by atoms with Gasteiger partial charge >= 0.3 is 0 Å². The highest BCUT2D eigenvalue weighted by Crippen LogP contribution is 2.04. The van der Waals surface area contributed by atoms with Gasteiger partial charge in [0, 0.05) is 18.2 Å². The van der Waals surface area contributed by atoms with E-state index in [1.54, 1.807) is 0 Å². The van der Waals surface area contributed by atoms with Crippen LogP contribution in [0.1, 0.15) is 18.4 Å². The third-order valence-electron chi connectivity index (χ3n) is 1.71. The number of aromatic nitrogens is 4. The first-order valence-corrected chi connectivity index (χ1v) is 3.71. The SMILES string of the molecule is CCc1nnc2cc(C)[nH]n12. The van der Waals surface area contributed by atoms with Crippen molar-refractivity contribution < 1.29 is 0 Å². The number of aryl methyl sites for hydroxylation is 2. The van der Waals surface area contributed by atoms with Crippen molar-refractivity contribution in [1.29, 1.82) is 0 Å². The van der Waals surface area contributed by atoms with Crippen molar-refractivity contribution in [2.75, 3.05) is 0 Å². The first-order chi connectivity index (χ1) is 5.31. The zero-order valence-electron chi connectivity index (χ0n) is 6.63. The molecule has 0 aromatic carbocycles. The molecule has 0 fully saturated rings. The van der Waals surface area contributed by atoms with Crippen molar-refractivity contribution >= 4 is 5.65 Å². The Morgan fingerprint density at radius 2 is 2.36 bits per heavy atom. The second-order valence-corrected chi connectivity index (χ2v) is 2.60. The van der Waals surface area contributed by atoms with E-state index >= 15 is 0 Å². The molecule has 2 rings (SSSR count). The van der Waals surface area contributed by atoms with Gasteiger partial charge < -0.3 is 0 Å². The molecule has 58 valence electrons. The number of fused-ring (bicyclic) bond motifs is 1. The molecule has 2 aromatic heterocycles. The summed E-state index contributed by atoms with van der Waals surface area (Å²) in [6.07, 6.45) is 0.904. The summed E-state index contributed by atoms with van der Waals surface area (Å²) < 4.78 is 1.91. The van der Waals surface area contributed by atoms with Gasteiger partial charge in [0.2, 0.25) is 0 Å². The zero-order chi connectivity index (χ0) is 7.84. The molecule has 4 heteroatoms. The number of nitrogens with zero attached hydrogens (tertiary/aromatic N) is 3. The van der Waals surface area contributed by atoms with Gasteiger partial charge in [-0.3, -0.25) is 5.10 Å². The summed E-state index contributed by atoms with van der Waals surface area (Å²) in [6, 6.07) is 1.98. The van der Waals surface area contributed by atoms with Crippen LogP contribution in [-0.4, -0.2) is 19.8 Å². The summed E-state index contributed by atoms with van der Waals surface area (Å²) in [5.41, 5.74) is 2.02. The zero-order valence-corrected chi connectivity index (χ0v) is 6.63. The second-order valence-electron chi connectivity index (χ2n) is 2.60. The Balaban J connectivity index is 2.73. The van der Waals surface area contributed by atoms with Gasteiger partial charge in [-0.25, -0.2) is 4.52 Å². The highest BCUT2D eigenvalue weighted by molar-refractivity contribution is 5.38. The van der Waals surface area contributed by atoms with Crippen molar-refractivity contribution in [1.82, 2.24) is 19.8 Å². The Kier molecular flexibility index (Phi) is 1.21. The lowest BCUT2D eigenvalue weighted by Gasteiger charge is -1.88. The lowest BCUT2D eigenvalue weighted by Crippen LogP contribution is -1.92. The summed E-state index contributed by atoms with van der Waals surface area (Å²) in [7, 11) is 0. The van der Waals surface area contributed by atoms with E-state index in [2.05, 4.69) is 22.2 Å². The topological polar surface area (TPSA) is 46.0 Å². The third-order valence-corrected chi connectivity index (χ3v) is 1.71. The Morgan fingerprint density at radius 1 is 1.55 bits per heavy atom. The summed E-state index contributed by atoms with van der Waals surface area (Å²) in [4.78, 5) is 0. The maximum absolute atomic E-state index is 4.00. The lowest BCUT2D eigenvalue weighted by atomic mass is 10.5. The van der Waals surface area contributed by atoms with Crippen LogP contribution in [0.3, 0.4) is 0 Å². The first-order valence-electron chi connectivity index (χ1n) is 3.71. The van der Waals surface area contributed by atoms with Gasteiger partial charge in [-0.2, -0.15) is 0 Å². The standard InChI is InChI=1S/C7H10N4/c1-3-6-8-9-7-4-5(2)10-11(6)7/h4,10H,3H2,1-2H3. The number of aromatic amines is 1. The molecule has 2 heterocycles. The van der Waals surface area contributed by atoms with E-state index in [0.29, 0.717) is 0 Å². The van der Waals surface area contributed by atoms with Gasteiger partial charge in [-0.05, 0) is 6.92 Å². The van der Waals surface area contributed by atoms with Gasteiger partial charge in [0.1, 0.15) is 0 Å². The van der Waals surface area contributed by atoms with E-state index in [1.165, 1.54) is 0 Å². The fraction of sp³-hybridized carbons (Fsp3) is 0.429. The van der Waals surface area contributed by atoms with Crippen LogP contribution < -0.4 is 0 Å². The van der Waals surface area contributed by atoms with Gasteiger partial charge in [0.25, 0.3) is 0 Å². The van der Waals surface area contributed by atoms with Gasteiger partial charge in [-0.15, -0.1) is 10.2 Å². The normalized spacial score (nSPS) is 11.1. The number of hydrogen-bond acceptors (Lipinski definition) is 2. The van der Waals surface area contributed by atoms with Crippen LogP contribution in [-0.2, 0) is 6.42 Å². The maximum Gasteiger partial charge on any atom is 0.177 e. The van der Waals surface area contributed by atoms with Crippen LogP contribution in [0.25, 0.3) is 5.65 Å². The molecule has 0 amide bonds. The predicted molar refractivity (Wildman–Crippen MR) is 41.5 cm³/mol. The molecule has 4 nitrogen and oxygen atoms in total. The summed E-state index contributed by atoms with van der Waals surface area (Å²) in [6.45, 7) is 4.07. The monoisotopic (exact) mass is 150 g/mol. The Bertz CT molecular complexity index is 371. The minimum absolute atomic E-state index is 0.902. The van der Waals surface area contributed by atoms with E-state index < -0.39 is 0 Å². The van der Waals surface area contributed by atoms with Gasteiger partial charge in [-0.1, -0.05) is 6.92 Å². The quantitative estimate of drug-likeness (QED) is 0.657.